The number of fused-ring (bicyclic) bond motifs is 1. The van der Waals surface area contributed by atoms with Gasteiger partial charge in [0.2, 0.25) is 0 Å². The number of aryl methyl sites for hydroxylation is 1. The zero-order chi connectivity index (χ0) is 27.2. The van der Waals surface area contributed by atoms with Gasteiger partial charge in [0.05, 0.1) is 7.11 Å². The van der Waals surface area contributed by atoms with Crippen LogP contribution in [-0.2, 0) is 19.4 Å². The van der Waals surface area contributed by atoms with Crippen molar-refractivity contribution < 1.29 is 14.6 Å². The second kappa shape index (κ2) is 12.8. The van der Waals surface area contributed by atoms with Gasteiger partial charge in [0.25, 0.3) is 0 Å². The smallest absolute Gasteiger partial charge is 0.120 e. The van der Waals surface area contributed by atoms with Crippen LogP contribution in [0.2, 0.25) is 0 Å². The standard InChI is InChI=1S/C34H44N2O3/c1-4-36(24-26-8-14-31(15-9-26)39-25(2)23-35-18-6-5-7-19-35)34-22-32(38-3)16-17-33(34)29-11-10-28-21-30(37)13-12-27(28)20-29/h8-9,12-17,21-22,25,29,37H,4-7,10-11,18-20,23-24H2,1-3H3. The minimum atomic E-state index is 0.185. The molecule has 1 heterocycles. The topological polar surface area (TPSA) is 45.2 Å². The highest BCUT2D eigenvalue weighted by atomic mass is 16.5. The van der Waals surface area contributed by atoms with E-state index in [1.54, 1.807) is 7.11 Å². The van der Waals surface area contributed by atoms with Gasteiger partial charge in [-0.1, -0.05) is 30.7 Å². The average molecular weight is 529 g/mol. The van der Waals surface area contributed by atoms with Crippen LogP contribution in [0.3, 0.4) is 0 Å². The molecule has 1 N–H and O–H groups in total. The lowest BCUT2D eigenvalue weighted by molar-refractivity contribution is 0.130. The van der Waals surface area contributed by atoms with Crippen molar-refractivity contribution in [2.75, 3.05) is 38.2 Å². The molecule has 3 aromatic rings. The number of ether oxygens (including phenoxy) is 2. The van der Waals surface area contributed by atoms with Gasteiger partial charge in [-0.2, -0.15) is 0 Å². The molecule has 3 aromatic carbocycles. The molecule has 2 aliphatic rings. The summed E-state index contributed by atoms with van der Waals surface area (Å²) in [5.41, 5.74) is 6.52. The lowest BCUT2D eigenvalue weighted by Gasteiger charge is -2.32. The van der Waals surface area contributed by atoms with Gasteiger partial charge in [-0.05, 0) is 118 Å². The molecule has 39 heavy (non-hydrogen) atoms. The maximum Gasteiger partial charge on any atom is 0.120 e. The molecule has 5 heteroatoms. The van der Waals surface area contributed by atoms with E-state index >= 15 is 0 Å². The third-order valence-corrected chi connectivity index (χ3v) is 8.42. The molecule has 2 atom stereocenters. The summed E-state index contributed by atoms with van der Waals surface area (Å²) in [7, 11) is 1.74. The summed E-state index contributed by atoms with van der Waals surface area (Å²) in [4.78, 5) is 4.99. The summed E-state index contributed by atoms with van der Waals surface area (Å²) in [6.07, 6.45) is 7.22. The Hall–Kier alpha value is -3.18. The molecule has 1 fully saturated rings. The highest BCUT2D eigenvalue weighted by Gasteiger charge is 2.25. The van der Waals surface area contributed by atoms with Gasteiger partial charge in [0.1, 0.15) is 23.4 Å². The van der Waals surface area contributed by atoms with Gasteiger partial charge in [0, 0.05) is 31.4 Å². The number of methoxy groups -OCH3 is 1. The highest BCUT2D eigenvalue weighted by Crippen LogP contribution is 2.40. The van der Waals surface area contributed by atoms with Crippen molar-refractivity contribution in [3.05, 3.63) is 82.9 Å². The fraction of sp³-hybridized carbons (Fsp3) is 0.471. The summed E-state index contributed by atoms with van der Waals surface area (Å²) in [6, 6.07) is 21.0. The van der Waals surface area contributed by atoms with Gasteiger partial charge in [0.15, 0.2) is 0 Å². The number of benzene rings is 3. The van der Waals surface area contributed by atoms with Gasteiger partial charge in [-0.3, -0.25) is 4.90 Å². The SMILES string of the molecule is CCN(Cc1ccc(OC(C)CN2CCCCC2)cc1)c1cc(OC)ccc1C1CCc2cc(O)ccc2C1. The van der Waals surface area contributed by atoms with E-state index in [2.05, 4.69) is 72.2 Å². The van der Waals surface area contributed by atoms with Crippen LogP contribution in [0.15, 0.2) is 60.7 Å². The monoisotopic (exact) mass is 528 g/mol. The van der Waals surface area contributed by atoms with Crippen LogP contribution in [0.1, 0.15) is 67.7 Å². The zero-order valence-corrected chi connectivity index (χ0v) is 23.9. The van der Waals surface area contributed by atoms with Crippen LogP contribution in [0.5, 0.6) is 17.2 Å². The van der Waals surface area contributed by atoms with Crippen LogP contribution >= 0.6 is 0 Å². The summed E-state index contributed by atoms with van der Waals surface area (Å²) in [5.74, 6) is 2.64. The van der Waals surface area contributed by atoms with E-state index in [0.717, 1.165) is 50.4 Å². The Morgan fingerprint density at radius 2 is 1.72 bits per heavy atom. The molecule has 1 aliphatic heterocycles. The number of phenols is 1. The molecule has 0 aromatic heterocycles. The molecule has 0 radical (unpaired) electrons. The fourth-order valence-electron chi connectivity index (χ4n) is 6.31. The number of hydrogen-bond donors (Lipinski definition) is 1. The summed E-state index contributed by atoms with van der Waals surface area (Å²) in [6.45, 7) is 9.53. The predicted molar refractivity (Wildman–Crippen MR) is 159 cm³/mol. The van der Waals surface area contributed by atoms with Crippen molar-refractivity contribution in [1.82, 2.24) is 4.90 Å². The number of aromatic hydroxyl groups is 1. The van der Waals surface area contributed by atoms with Gasteiger partial charge < -0.3 is 19.5 Å². The quantitative estimate of drug-likeness (QED) is 0.308. The van der Waals surface area contributed by atoms with E-state index in [0.29, 0.717) is 11.7 Å². The van der Waals surface area contributed by atoms with E-state index in [1.807, 2.05) is 12.1 Å². The molecule has 2 unspecified atom stereocenters. The average Bonchev–Trinajstić information content (AvgIpc) is 2.96. The Morgan fingerprint density at radius 1 is 0.949 bits per heavy atom. The third-order valence-electron chi connectivity index (χ3n) is 8.42. The lowest BCUT2D eigenvalue weighted by atomic mass is 9.79. The van der Waals surface area contributed by atoms with Gasteiger partial charge >= 0.3 is 0 Å². The van der Waals surface area contributed by atoms with Crippen molar-refractivity contribution >= 4 is 5.69 Å². The molecule has 5 nitrogen and oxygen atoms in total. The van der Waals surface area contributed by atoms with Crippen molar-refractivity contribution in [2.24, 2.45) is 0 Å². The van der Waals surface area contributed by atoms with Gasteiger partial charge in [-0.15, -0.1) is 0 Å². The Kier molecular flexibility index (Phi) is 8.98. The second-order valence-corrected chi connectivity index (χ2v) is 11.3. The Labute approximate surface area is 234 Å². The maximum atomic E-state index is 9.91. The van der Waals surface area contributed by atoms with E-state index < -0.39 is 0 Å². The number of piperidine rings is 1. The first-order chi connectivity index (χ1) is 19.0. The molecular formula is C34H44N2O3. The van der Waals surface area contributed by atoms with Crippen molar-refractivity contribution in [1.29, 1.82) is 0 Å². The number of likely N-dealkylation sites (tertiary alicyclic amines) is 1. The Balaban J connectivity index is 1.29. The second-order valence-electron chi connectivity index (χ2n) is 11.3. The zero-order valence-electron chi connectivity index (χ0n) is 23.9. The molecule has 0 saturated carbocycles. The van der Waals surface area contributed by atoms with E-state index in [-0.39, 0.29) is 6.10 Å². The number of phenolic OH excluding ortho intramolecular Hbond substituents is 1. The minimum absolute atomic E-state index is 0.185. The minimum Gasteiger partial charge on any atom is -0.508 e. The molecule has 0 amide bonds. The van der Waals surface area contributed by atoms with Gasteiger partial charge in [-0.25, -0.2) is 0 Å². The third kappa shape index (κ3) is 6.88. The normalized spacial score (nSPS) is 18.3. The van der Waals surface area contributed by atoms with Crippen LogP contribution in [0, 0.1) is 0 Å². The molecule has 1 saturated heterocycles. The highest BCUT2D eigenvalue weighted by molar-refractivity contribution is 5.60. The van der Waals surface area contributed by atoms with Crippen LogP contribution in [-0.4, -0.2) is 49.4 Å². The lowest BCUT2D eigenvalue weighted by Crippen LogP contribution is -2.37. The van der Waals surface area contributed by atoms with Crippen molar-refractivity contribution in [2.45, 2.75) is 70.9 Å². The Morgan fingerprint density at radius 3 is 2.46 bits per heavy atom. The first-order valence-electron chi connectivity index (χ1n) is 14.7. The van der Waals surface area contributed by atoms with E-state index in [4.69, 9.17) is 9.47 Å². The summed E-state index contributed by atoms with van der Waals surface area (Å²) >= 11 is 0. The first kappa shape index (κ1) is 27.4. The molecule has 5 rings (SSSR count). The largest absolute Gasteiger partial charge is 0.508 e. The van der Waals surface area contributed by atoms with Crippen LogP contribution < -0.4 is 14.4 Å². The molecule has 0 bridgehead atoms. The molecule has 1 aliphatic carbocycles. The fourth-order valence-corrected chi connectivity index (χ4v) is 6.31. The first-order valence-corrected chi connectivity index (χ1v) is 14.7. The number of nitrogens with zero attached hydrogens (tertiary/aromatic N) is 2. The van der Waals surface area contributed by atoms with Crippen molar-refractivity contribution in [3.8, 4) is 17.2 Å². The van der Waals surface area contributed by atoms with E-state index in [1.165, 1.54) is 60.3 Å². The van der Waals surface area contributed by atoms with Crippen LogP contribution in [0.4, 0.5) is 5.69 Å². The van der Waals surface area contributed by atoms with Crippen LogP contribution in [0.25, 0.3) is 0 Å². The number of hydrogen-bond acceptors (Lipinski definition) is 5. The summed E-state index contributed by atoms with van der Waals surface area (Å²) in [5, 5.41) is 9.91. The summed E-state index contributed by atoms with van der Waals surface area (Å²) < 4.78 is 11.9. The van der Waals surface area contributed by atoms with E-state index in [9.17, 15) is 5.11 Å². The number of rotatable bonds is 10. The predicted octanol–water partition coefficient (Wildman–Crippen LogP) is 6.95. The number of anilines is 1. The maximum absolute atomic E-state index is 9.91. The van der Waals surface area contributed by atoms with Crippen molar-refractivity contribution in [3.63, 3.8) is 0 Å². The molecular weight excluding hydrogens is 484 g/mol. The molecule has 208 valence electrons. The molecule has 0 spiro atoms. The Bertz CT molecular complexity index is 1220.